The van der Waals surface area contributed by atoms with Gasteiger partial charge in [0, 0.05) is 69.7 Å². The Kier molecular flexibility index (Phi) is 9.73. The number of fused-ring (bicyclic) bond motifs is 1. The Labute approximate surface area is 235 Å². The molecule has 3 heterocycles. The van der Waals surface area contributed by atoms with Crippen LogP contribution in [0, 0.1) is 0 Å². The number of rotatable bonds is 9. The summed E-state index contributed by atoms with van der Waals surface area (Å²) in [6, 6.07) is 7.49. The van der Waals surface area contributed by atoms with Crippen molar-refractivity contribution in [3.05, 3.63) is 53.2 Å². The number of hydrogen-bond donors (Lipinski definition) is 1. The number of nitrogens with zero attached hydrogens (tertiary/aromatic N) is 5. The number of amides is 3. The minimum Gasteiger partial charge on any atom is -0.493 e. The van der Waals surface area contributed by atoms with Crippen LogP contribution in [0.3, 0.4) is 0 Å². The zero-order chi connectivity index (χ0) is 28.6. The minimum absolute atomic E-state index is 0.0190. The molecule has 2 aliphatic heterocycles. The molecule has 0 aliphatic carbocycles. The number of benzene rings is 1. The SMILES string of the molecule is CCOc1c(CN(C)C(=O)/C=C/c2cnc3c(c2)CN(CC(=O)N2CCN(C)CC2)CC(=O)N3)cccc1OC. The van der Waals surface area contributed by atoms with Crippen LogP contribution < -0.4 is 14.8 Å². The van der Waals surface area contributed by atoms with E-state index in [9.17, 15) is 14.4 Å². The van der Waals surface area contributed by atoms with E-state index in [-0.39, 0.29) is 30.8 Å². The monoisotopic (exact) mass is 550 g/mol. The average Bonchev–Trinajstić information content (AvgIpc) is 3.09. The van der Waals surface area contributed by atoms with E-state index in [0.717, 1.165) is 29.8 Å². The van der Waals surface area contributed by atoms with Crippen molar-refractivity contribution in [1.29, 1.82) is 0 Å². The molecule has 1 aromatic heterocycles. The van der Waals surface area contributed by atoms with Gasteiger partial charge < -0.3 is 29.5 Å². The predicted molar refractivity (Wildman–Crippen MR) is 152 cm³/mol. The summed E-state index contributed by atoms with van der Waals surface area (Å²) < 4.78 is 11.2. The molecule has 0 radical (unpaired) electrons. The highest BCUT2D eigenvalue weighted by molar-refractivity contribution is 5.94. The smallest absolute Gasteiger partial charge is 0.246 e. The summed E-state index contributed by atoms with van der Waals surface area (Å²) in [5.74, 6) is 1.35. The second-order valence-electron chi connectivity index (χ2n) is 10.1. The molecule has 0 bridgehead atoms. The number of methoxy groups -OCH3 is 1. The maximum absolute atomic E-state index is 12.9. The van der Waals surface area contributed by atoms with E-state index in [1.165, 1.54) is 6.08 Å². The number of carbonyl (C=O) groups is 3. The molecule has 40 heavy (non-hydrogen) atoms. The number of likely N-dealkylation sites (N-methyl/N-ethyl adjacent to an activating group) is 2. The Balaban J connectivity index is 1.41. The summed E-state index contributed by atoms with van der Waals surface area (Å²) in [7, 11) is 5.35. The van der Waals surface area contributed by atoms with Crippen LogP contribution in [0.1, 0.15) is 23.6 Å². The second-order valence-corrected chi connectivity index (χ2v) is 10.1. The molecule has 1 aromatic carbocycles. The van der Waals surface area contributed by atoms with Crippen LogP contribution >= 0.6 is 0 Å². The molecule has 0 saturated carbocycles. The van der Waals surface area contributed by atoms with Gasteiger partial charge in [-0.1, -0.05) is 12.1 Å². The highest BCUT2D eigenvalue weighted by atomic mass is 16.5. The standard InChI is InChI=1S/C29H38N6O5/c1-5-40-28-22(7-6-8-24(28)39-4)17-33(3)26(37)10-9-21-15-23-18-34(19-25(36)31-29(23)30-16-21)20-27(38)35-13-11-32(2)12-14-35/h6-10,15-16H,5,11-14,17-20H2,1-4H3,(H,30,31,36)/b10-9+. The molecule has 214 valence electrons. The van der Waals surface area contributed by atoms with Gasteiger partial charge in [-0.05, 0) is 37.7 Å². The maximum atomic E-state index is 12.9. The topological polar surface area (TPSA) is 108 Å². The Hall–Kier alpha value is -3.96. The molecule has 11 heteroatoms. The fraction of sp³-hybridized carbons (Fsp3) is 0.448. The number of para-hydroxylation sites is 1. The summed E-state index contributed by atoms with van der Waals surface area (Å²) >= 11 is 0. The normalized spacial score (nSPS) is 16.3. The Morgan fingerprint density at radius 1 is 1.18 bits per heavy atom. The van der Waals surface area contributed by atoms with Crippen molar-refractivity contribution in [1.82, 2.24) is 24.6 Å². The fourth-order valence-corrected chi connectivity index (χ4v) is 4.77. The molecular formula is C29H38N6O5. The molecule has 2 aromatic rings. The Bertz CT molecular complexity index is 1260. The number of aromatic nitrogens is 1. The molecular weight excluding hydrogens is 512 g/mol. The molecule has 1 N–H and O–H groups in total. The number of pyridine rings is 1. The van der Waals surface area contributed by atoms with Gasteiger partial charge in [-0.15, -0.1) is 0 Å². The predicted octanol–water partition coefficient (Wildman–Crippen LogP) is 1.69. The molecule has 0 spiro atoms. The van der Waals surface area contributed by atoms with E-state index in [0.29, 0.717) is 50.1 Å². The van der Waals surface area contributed by atoms with Gasteiger partial charge in [0.05, 0.1) is 26.8 Å². The lowest BCUT2D eigenvalue weighted by atomic mass is 10.1. The summed E-state index contributed by atoms with van der Waals surface area (Å²) in [6.45, 7) is 6.46. The van der Waals surface area contributed by atoms with Crippen molar-refractivity contribution in [2.45, 2.75) is 20.0 Å². The van der Waals surface area contributed by atoms with Gasteiger partial charge in [0.2, 0.25) is 17.7 Å². The van der Waals surface area contributed by atoms with Crippen molar-refractivity contribution >= 4 is 29.6 Å². The van der Waals surface area contributed by atoms with E-state index in [1.54, 1.807) is 31.3 Å². The zero-order valence-corrected chi connectivity index (χ0v) is 23.7. The van der Waals surface area contributed by atoms with Crippen molar-refractivity contribution < 1.29 is 23.9 Å². The first-order valence-electron chi connectivity index (χ1n) is 13.5. The van der Waals surface area contributed by atoms with Gasteiger partial charge in [0.15, 0.2) is 11.5 Å². The van der Waals surface area contributed by atoms with Gasteiger partial charge in [-0.25, -0.2) is 4.98 Å². The Morgan fingerprint density at radius 2 is 1.95 bits per heavy atom. The molecule has 0 unspecified atom stereocenters. The number of nitrogens with one attached hydrogen (secondary N) is 1. The molecule has 11 nitrogen and oxygen atoms in total. The van der Waals surface area contributed by atoms with Gasteiger partial charge >= 0.3 is 0 Å². The van der Waals surface area contributed by atoms with Crippen molar-refractivity contribution in [2.75, 3.05) is 72.4 Å². The third-order valence-electron chi connectivity index (χ3n) is 6.99. The van der Waals surface area contributed by atoms with Crippen molar-refractivity contribution in [2.24, 2.45) is 0 Å². The van der Waals surface area contributed by atoms with Gasteiger partial charge in [-0.3, -0.25) is 19.3 Å². The van der Waals surface area contributed by atoms with Crippen LogP contribution in [0.4, 0.5) is 5.82 Å². The van der Waals surface area contributed by atoms with Crippen molar-refractivity contribution in [3.63, 3.8) is 0 Å². The number of anilines is 1. The van der Waals surface area contributed by atoms with Crippen LogP contribution in [0.2, 0.25) is 0 Å². The molecule has 0 atom stereocenters. The number of ether oxygens (including phenoxy) is 2. The highest BCUT2D eigenvalue weighted by Gasteiger charge is 2.25. The summed E-state index contributed by atoms with van der Waals surface area (Å²) in [5, 5.41) is 2.83. The van der Waals surface area contributed by atoms with Gasteiger partial charge in [0.1, 0.15) is 5.82 Å². The average molecular weight is 551 g/mol. The third-order valence-corrected chi connectivity index (χ3v) is 6.99. The van der Waals surface area contributed by atoms with Crippen molar-refractivity contribution in [3.8, 4) is 11.5 Å². The largest absolute Gasteiger partial charge is 0.493 e. The fourth-order valence-electron chi connectivity index (χ4n) is 4.77. The summed E-state index contributed by atoms with van der Waals surface area (Å²) in [4.78, 5) is 50.2. The van der Waals surface area contributed by atoms with Gasteiger partial charge in [-0.2, -0.15) is 0 Å². The molecule has 1 saturated heterocycles. The number of piperazine rings is 1. The lowest BCUT2D eigenvalue weighted by Crippen LogP contribution is -2.50. The lowest BCUT2D eigenvalue weighted by molar-refractivity contribution is -0.134. The maximum Gasteiger partial charge on any atom is 0.246 e. The minimum atomic E-state index is -0.207. The highest BCUT2D eigenvalue weighted by Crippen LogP contribution is 2.32. The summed E-state index contributed by atoms with van der Waals surface area (Å²) in [5.41, 5.74) is 2.36. The quantitative estimate of drug-likeness (QED) is 0.470. The first kappa shape index (κ1) is 29.0. The number of carbonyl (C=O) groups excluding carboxylic acids is 3. The molecule has 4 rings (SSSR count). The lowest BCUT2D eigenvalue weighted by Gasteiger charge is -2.33. The summed E-state index contributed by atoms with van der Waals surface area (Å²) in [6.07, 6.45) is 4.81. The molecule has 3 amide bonds. The van der Waals surface area contributed by atoms with Crippen LogP contribution in [0.25, 0.3) is 6.08 Å². The van der Waals surface area contributed by atoms with E-state index in [4.69, 9.17) is 9.47 Å². The second kappa shape index (κ2) is 13.4. The Morgan fingerprint density at radius 3 is 2.67 bits per heavy atom. The van der Waals surface area contributed by atoms with Crippen LogP contribution in [0.15, 0.2) is 36.5 Å². The molecule has 1 fully saturated rings. The van der Waals surface area contributed by atoms with Crippen LogP contribution in [-0.2, 0) is 27.5 Å². The molecule has 2 aliphatic rings. The van der Waals surface area contributed by atoms with E-state index in [1.807, 2.05) is 48.0 Å². The first-order valence-corrected chi connectivity index (χ1v) is 13.5. The first-order chi connectivity index (χ1) is 19.3. The van der Waals surface area contributed by atoms with E-state index >= 15 is 0 Å². The van der Waals surface area contributed by atoms with Gasteiger partial charge in [0.25, 0.3) is 0 Å². The third kappa shape index (κ3) is 7.36. The number of hydrogen-bond acceptors (Lipinski definition) is 8. The van der Waals surface area contributed by atoms with E-state index < -0.39 is 0 Å². The van der Waals surface area contributed by atoms with Crippen LogP contribution in [0.5, 0.6) is 11.5 Å². The van der Waals surface area contributed by atoms with Crippen LogP contribution in [-0.4, -0.2) is 109 Å². The van der Waals surface area contributed by atoms with E-state index in [2.05, 4.69) is 15.2 Å². The zero-order valence-electron chi connectivity index (χ0n) is 23.7.